The molecule has 15 heavy (non-hydrogen) atoms. The first kappa shape index (κ1) is 13.9. The summed E-state index contributed by atoms with van der Waals surface area (Å²) in [4.78, 5) is 24.2. The summed E-state index contributed by atoms with van der Waals surface area (Å²) >= 11 is 0. The van der Waals surface area contributed by atoms with Crippen LogP contribution in [0.15, 0.2) is 0 Å². The van der Waals surface area contributed by atoms with Crippen molar-refractivity contribution in [3.8, 4) is 0 Å². The summed E-state index contributed by atoms with van der Waals surface area (Å²) in [5.41, 5.74) is -0.501. The van der Waals surface area contributed by atoms with Crippen LogP contribution in [0.25, 0.3) is 0 Å². The van der Waals surface area contributed by atoms with E-state index in [9.17, 15) is 9.59 Å². The van der Waals surface area contributed by atoms with Crippen LogP contribution in [0, 0.1) is 5.92 Å². The van der Waals surface area contributed by atoms with Crippen molar-refractivity contribution < 1.29 is 14.3 Å². The first-order valence-electron chi connectivity index (χ1n) is 5.10. The van der Waals surface area contributed by atoms with Gasteiger partial charge in [-0.3, -0.25) is 9.59 Å². The molecule has 0 heterocycles. The van der Waals surface area contributed by atoms with Crippen molar-refractivity contribution in [3.63, 3.8) is 0 Å². The summed E-state index contributed by atoms with van der Waals surface area (Å²) in [5, 5.41) is 0. The van der Waals surface area contributed by atoms with Gasteiger partial charge in [0.15, 0.2) is 0 Å². The highest BCUT2D eigenvalue weighted by molar-refractivity contribution is 5.83. The molecule has 0 fully saturated rings. The van der Waals surface area contributed by atoms with Crippen molar-refractivity contribution in [2.75, 3.05) is 13.6 Å². The Bertz CT molecular complexity index is 241. The molecule has 0 aliphatic rings. The van der Waals surface area contributed by atoms with Crippen LogP contribution in [-0.4, -0.2) is 36.0 Å². The van der Waals surface area contributed by atoms with E-state index in [2.05, 4.69) is 0 Å². The van der Waals surface area contributed by atoms with Crippen LogP contribution in [0.1, 0.15) is 34.6 Å². The number of rotatable bonds is 3. The second-order valence-corrected chi connectivity index (χ2v) is 4.94. The average Bonchev–Trinajstić information content (AvgIpc) is 1.98. The van der Waals surface area contributed by atoms with Gasteiger partial charge in [0.25, 0.3) is 0 Å². The molecular weight excluding hydrogens is 194 g/mol. The summed E-state index contributed by atoms with van der Waals surface area (Å²) in [6.45, 7) is 9.01. The largest absolute Gasteiger partial charge is 0.459 e. The number of hydrogen-bond donors (Lipinski definition) is 0. The van der Waals surface area contributed by atoms with E-state index in [-0.39, 0.29) is 24.3 Å². The molecule has 0 N–H and O–H groups in total. The van der Waals surface area contributed by atoms with Gasteiger partial charge in [-0.05, 0) is 20.8 Å². The van der Waals surface area contributed by atoms with Gasteiger partial charge in [0.1, 0.15) is 12.1 Å². The highest BCUT2D eigenvalue weighted by atomic mass is 16.6. The molecule has 0 spiro atoms. The summed E-state index contributed by atoms with van der Waals surface area (Å²) in [5.74, 6) is -0.530. The molecule has 0 saturated heterocycles. The molecule has 0 aliphatic carbocycles. The number of likely N-dealkylation sites (N-methyl/N-ethyl adjacent to an activating group) is 1. The van der Waals surface area contributed by atoms with E-state index in [1.165, 1.54) is 4.90 Å². The van der Waals surface area contributed by atoms with Crippen molar-refractivity contribution in [2.24, 2.45) is 5.92 Å². The Balaban J connectivity index is 4.14. The number of nitrogens with zero attached hydrogens (tertiary/aromatic N) is 1. The molecule has 0 rings (SSSR count). The zero-order valence-electron chi connectivity index (χ0n) is 10.5. The van der Waals surface area contributed by atoms with E-state index in [4.69, 9.17) is 4.74 Å². The van der Waals surface area contributed by atoms with E-state index < -0.39 is 5.60 Å². The molecule has 88 valence electrons. The molecular formula is C11H21NO3. The fourth-order valence-corrected chi connectivity index (χ4v) is 1.09. The summed E-state index contributed by atoms with van der Waals surface area (Å²) in [6.07, 6.45) is 0. The third-order valence-electron chi connectivity index (χ3n) is 1.66. The van der Waals surface area contributed by atoms with Crippen molar-refractivity contribution >= 4 is 11.9 Å². The number of ether oxygens (including phenoxy) is 1. The molecule has 1 amide bonds. The van der Waals surface area contributed by atoms with Crippen molar-refractivity contribution in [2.45, 2.75) is 40.2 Å². The zero-order chi connectivity index (χ0) is 12.2. The second-order valence-electron chi connectivity index (χ2n) is 4.94. The normalized spacial score (nSPS) is 11.4. The van der Waals surface area contributed by atoms with Crippen LogP contribution in [0.2, 0.25) is 0 Å². The number of amides is 1. The monoisotopic (exact) mass is 215 g/mol. The van der Waals surface area contributed by atoms with Gasteiger partial charge in [0.05, 0.1) is 0 Å². The van der Waals surface area contributed by atoms with Gasteiger partial charge in [-0.25, -0.2) is 0 Å². The molecule has 0 aromatic rings. The second kappa shape index (κ2) is 5.14. The average molecular weight is 215 g/mol. The molecule has 0 radical (unpaired) electrons. The van der Waals surface area contributed by atoms with Crippen LogP contribution < -0.4 is 0 Å². The van der Waals surface area contributed by atoms with E-state index in [1.807, 2.05) is 0 Å². The third-order valence-corrected chi connectivity index (χ3v) is 1.66. The van der Waals surface area contributed by atoms with Crippen molar-refractivity contribution in [3.05, 3.63) is 0 Å². The van der Waals surface area contributed by atoms with Crippen LogP contribution in [0.3, 0.4) is 0 Å². The fraction of sp³-hybridized carbons (Fsp3) is 0.818. The first-order chi connectivity index (χ1) is 6.63. The molecule has 0 bridgehead atoms. The maximum Gasteiger partial charge on any atom is 0.326 e. The molecule has 0 atom stereocenters. The van der Waals surface area contributed by atoms with Crippen LogP contribution in [-0.2, 0) is 14.3 Å². The molecule has 4 heteroatoms. The lowest BCUT2D eigenvalue weighted by molar-refractivity contribution is -0.158. The van der Waals surface area contributed by atoms with Crippen LogP contribution in [0.4, 0.5) is 0 Å². The number of carbonyl (C=O) groups is 2. The maximum atomic E-state index is 11.5. The topological polar surface area (TPSA) is 46.6 Å². The molecule has 0 aromatic heterocycles. The smallest absolute Gasteiger partial charge is 0.326 e. The van der Waals surface area contributed by atoms with Crippen molar-refractivity contribution in [1.82, 2.24) is 4.90 Å². The summed E-state index contributed by atoms with van der Waals surface area (Å²) < 4.78 is 5.11. The lowest BCUT2D eigenvalue weighted by Gasteiger charge is -2.23. The highest BCUT2D eigenvalue weighted by Crippen LogP contribution is 2.07. The Hall–Kier alpha value is -1.06. The van der Waals surface area contributed by atoms with E-state index >= 15 is 0 Å². The highest BCUT2D eigenvalue weighted by Gasteiger charge is 2.20. The lowest BCUT2D eigenvalue weighted by Crippen LogP contribution is -2.38. The molecule has 0 aromatic carbocycles. The predicted octanol–water partition coefficient (Wildman–Crippen LogP) is 1.44. The molecule has 4 nitrogen and oxygen atoms in total. The minimum absolute atomic E-state index is 0.00822. The van der Waals surface area contributed by atoms with Gasteiger partial charge in [-0.15, -0.1) is 0 Å². The predicted molar refractivity (Wildman–Crippen MR) is 58.3 cm³/mol. The van der Waals surface area contributed by atoms with Gasteiger partial charge in [-0.1, -0.05) is 13.8 Å². The summed E-state index contributed by atoms with van der Waals surface area (Å²) in [7, 11) is 1.60. The SMILES string of the molecule is CC(C)C(=O)N(C)CC(=O)OC(C)(C)C. The van der Waals surface area contributed by atoms with Crippen molar-refractivity contribution in [1.29, 1.82) is 0 Å². The Morgan fingerprint density at radius 3 is 2.07 bits per heavy atom. The Labute approximate surface area is 91.6 Å². The number of carbonyl (C=O) groups excluding carboxylic acids is 2. The Kier molecular flexibility index (Phi) is 4.78. The van der Waals surface area contributed by atoms with Crippen LogP contribution >= 0.6 is 0 Å². The van der Waals surface area contributed by atoms with Gasteiger partial charge >= 0.3 is 5.97 Å². The van der Waals surface area contributed by atoms with Gasteiger partial charge in [-0.2, -0.15) is 0 Å². The third kappa shape index (κ3) is 6.10. The Morgan fingerprint density at radius 2 is 1.73 bits per heavy atom. The zero-order valence-corrected chi connectivity index (χ0v) is 10.5. The minimum Gasteiger partial charge on any atom is -0.459 e. The molecule has 0 unspecified atom stereocenters. The number of hydrogen-bond acceptors (Lipinski definition) is 3. The summed E-state index contributed by atoms with van der Waals surface area (Å²) in [6, 6.07) is 0. The fourth-order valence-electron chi connectivity index (χ4n) is 1.09. The van der Waals surface area contributed by atoms with Crippen LogP contribution in [0.5, 0.6) is 0 Å². The Morgan fingerprint density at radius 1 is 1.27 bits per heavy atom. The standard InChI is InChI=1S/C11H21NO3/c1-8(2)10(14)12(6)7-9(13)15-11(3,4)5/h8H,7H2,1-6H3. The van der Waals surface area contributed by atoms with E-state index in [1.54, 1.807) is 41.7 Å². The molecule has 0 saturated carbocycles. The van der Waals surface area contributed by atoms with Gasteiger partial charge in [0, 0.05) is 13.0 Å². The van der Waals surface area contributed by atoms with Gasteiger partial charge < -0.3 is 9.64 Å². The first-order valence-corrected chi connectivity index (χ1v) is 5.10. The quantitative estimate of drug-likeness (QED) is 0.669. The maximum absolute atomic E-state index is 11.5. The van der Waals surface area contributed by atoms with E-state index in [0.717, 1.165) is 0 Å². The minimum atomic E-state index is -0.501. The lowest BCUT2D eigenvalue weighted by atomic mass is 10.2. The molecule has 0 aliphatic heterocycles. The van der Waals surface area contributed by atoms with Gasteiger partial charge in [0.2, 0.25) is 5.91 Å². The van der Waals surface area contributed by atoms with E-state index in [0.29, 0.717) is 0 Å². The number of esters is 1.